The summed E-state index contributed by atoms with van der Waals surface area (Å²) in [6.07, 6.45) is 2.56. The van der Waals surface area contributed by atoms with Gasteiger partial charge in [0, 0.05) is 17.7 Å². The molecule has 0 atom stereocenters. The first-order valence-electron chi connectivity index (χ1n) is 8.09. The van der Waals surface area contributed by atoms with Crippen LogP contribution in [0.25, 0.3) is 11.0 Å². The monoisotopic (exact) mass is 301 g/mol. The Morgan fingerprint density at radius 1 is 1.23 bits per heavy atom. The summed E-state index contributed by atoms with van der Waals surface area (Å²) in [7, 11) is 0. The minimum atomic E-state index is -0.240. The van der Waals surface area contributed by atoms with E-state index in [2.05, 4.69) is 18.7 Å². The highest BCUT2D eigenvalue weighted by Gasteiger charge is 2.24. The molecule has 1 aliphatic carbocycles. The van der Waals surface area contributed by atoms with Gasteiger partial charge < -0.3 is 9.52 Å². The molecule has 1 aromatic heterocycles. The van der Waals surface area contributed by atoms with Crippen LogP contribution in [0.2, 0.25) is 0 Å². The Bertz CT molecular complexity index is 772. The van der Waals surface area contributed by atoms with Crippen LogP contribution < -0.4 is 5.63 Å². The first kappa shape index (κ1) is 15.1. The molecule has 0 aliphatic heterocycles. The van der Waals surface area contributed by atoms with Gasteiger partial charge in [-0.2, -0.15) is 0 Å². The first-order valence-corrected chi connectivity index (χ1v) is 8.09. The zero-order valence-corrected chi connectivity index (χ0v) is 13.5. The average molecular weight is 301 g/mol. The third-order valence-corrected chi connectivity index (χ3v) is 4.84. The Morgan fingerprint density at radius 3 is 2.59 bits per heavy atom. The van der Waals surface area contributed by atoms with Crippen LogP contribution in [0.4, 0.5) is 0 Å². The highest BCUT2D eigenvalue weighted by atomic mass is 16.4. The van der Waals surface area contributed by atoms with Crippen molar-refractivity contribution in [3.8, 4) is 5.75 Å². The van der Waals surface area contributed by atoms with Crippen molar-refractivity contribution in [3.05, 3.63) is 38.7 Å². The predicted octanol–water partition coefficient (Wildman–Crippen LogP) is 3.14. The van der Waals surface area contributed by atoms with Gasteiger partial charge in [0.15, 0.2) is 0 Å². The molecule has 0 amide bonds. The quantitative estimate of drug-likeness (QED) is 0.882. The number of benzene rings is 1. The van der Waals surface area contributed by atoms with Crippen LogP contribution in [0.3, 0.4) is 0 Å². The van der Waals surface area contributed by atoms with Crippen LogP contribution >= 0.6 is 0 Å². The zero-order chi connectivity index (χ0) is 15.9. The van der Waals surface area contributed by atoms with Crippen molar-refractivity contribution in [3.63, 3.8) is 0 Å². The lowest BCUT2D eigenvalue weighted by molar-refractivity contribution is 0.290. The third-order valence-electron chi connectivity index (χ3n) is 4.84. The van der Waals surface area contributed by atoms with E-state index in [-0.39, 0.29) is 5.63 Å². The lowest BCUT2D eigenvalue weighted by Crippen LogP contribution is -2.22. The molecule has 1 heterocycles. The molecule has 4 heteroatoms. The maximum atomic E-state index is 12.0. The summed E-state index contributed by atoms with van der Waals surface area (Å²) in [5.74, 6) is 0.295. The van der Waals surface area contributed by atoms with Gasteiger partial charge in [-0.05, 0) is 56.5 Å². The standard InChI is InChI=1S/C18H23NO3/c1-4-19(5-2)10-14-11(3)9-15-16(17(14)20)12-7-6-8-13(12)18(21)22-15/h9,20H,4-8,10H2,1-3H3. The summed E-state index contributed by atoms with van der Waals surface area (Å²) in [6.45, 7) is 8.80. The van der Waals surface area contributed by atoms with Gasteiger partial charge in [-0.3, -0.25) is 4.90 Å². The van der Waals surface area contributed by atoms with E-state index in [1.54, 1.807) is 0 Å². The molecule has 22 heavy (non-hydrogen) atoms. The van der Waals surface area contributed by atoms with Crippen LogP contribution in [0.5, 0.6) is 5.75 Å². The molecule has 0 fully saturated rings. The second kappa shape index (κ2) is 5.76. The summed E-state index contributed by atoms with van der Waals surface area (Å²) in [4.78, 5) is 14.3. The number of rotatable bonds is 4. The molecule has 3 rings (SSSR count). The van der Waals surface area contributed by atoms with E-state index >= 15 is 0 Å². The number of phenols is 1. The molecule has 2 aromatic rings. The number of fused-ring (bicyclic) bond motifs is 3. The molecule has 1 aromatic carbocycles. The van der Waals surface area contributed by atoms with Crippen molar-refractivity contribution in [2.75, 3.05) is 13.1 Å². The molecule has 0 unspecified atom stereocenters. The number of aryl methyl sites for hydroxylation is 2. The minimum Gasteiger partial charge on any atom is -0.507 e. The summed E-state index contributed by atoms with van der Waals surface area (Å²) in [5.41, 5.74) is 3.93. The van der Waals surface area contributed by atoms with Crippen LogP contribution in [0, 0.1) is 6.92 Å². The average Bonchev–Trinajstić information content (AvgIpc) is 2.97. The largest absolute Gasteiger partial charge is 0.507 e. The third kappa shape index (κ3) is 2.31. The van der Waals surface area contributed by atoms with Gasteiger partial charge in [0.05, 0.1) is 5.39 Å². The van der Waals surface area contributed by atoms with Crippen molar-refractivity contribution >= 4 is 11.0 Å². The van der Waals surface area contributed by atoms with Crippen molar-refractivity contribution in [1.82, 2.24) is 4.90 Å². The second-order valence-electron chi connectivity index (χ2n) is 6.06. The molecule has 0 saturated heterocycles. The fourth-order valence-electron chi connectivity index (χ4n) is 3.46. The van der Waals surface area contributed by atoms with E-state index < -0.39 is 0 Å². The molecule has 0 radical (unpaired) electrons. The van der Waals surface area contributed by atoms with Gasteiger partial charge in [-0.15, -0.1) is 0 Å². The van der Waals surface area contributed by atoms with Gasteiger partial charge in [-0.1, -0.05) is 13.8 Å². The predicted molar refractivity (Wildman–Crippen MR) is 87.5 cm³/mol. The molecule has 1 N–H and O–H groups in total. The van der Waals surface area contributed by atoms with E-state index in [9.17, 15) is 9.90 Å². The number of hydrogen-bond donors (Lipinski definition) is 1. The fourth-order valence-corrected chi connectivity index (χ4v) is 3.46. The lowest BCUT2D eigenvalue weighted by Gasteiger charge is -2.21. The van der Waals surface area contributed by atoms with Gasteiger partial charge >= 0.3 is 5.63 Å². The van der Waals surface area contributed by atoms with Gasteiger partial charge in [-0.25, -0.2) is 4.79 Å². The van der Waals surface area contributed by atoms with E-state index in [1.807, 2.05) is 13.0 Å². The van der Waals surface area contributed by atoms with Crippen LogP contribution in [-0.2, 0) is 19.4 Å². The van der Waals surface area contributed by atoms with Crippen LogP contribution in [0.1, 0.15) is 42.5 Å². The minimum absolute atomic E-state index is 0.240. The van der Waals surface area contributed by atoms with Gasteiger partial charge in [0.1, 0.15) is 11.3 Å². The first-order chi connectivity index (χ1) is 10.6. The number of hydrogen-bond acceptors (Lipinski definition) is 4. The highest BCUT2D eigenvalue weighted by molar-refractivity contribution is 5.90. The Labute approximate surface area is 130 Å². The second-order valence-corrected chi connectivity index (χ2v) is 6.06. The topological polar surface area (TPSA) is 53.7 Å². The normalized spacial score (nSPS) is 14.0. The van der Waals surface area contributed by atoms with E-state index in [0.717, 1.165) is 60.0 Å². The number of aromatic hydroxyl groups is 1. The smallest absolute Gasteiger partial charge is 0.339 e. The molecule has 1 aliphatic rings. The molecule has 0 spiro atoms. The van der Waals surface area contributed by atoms with Crippen molar-refractivity contribution < 1.29 is 9.52 Å². The van der Waals surface area contributed by atoms with Crippen molar-refractivity contribution in [2.45, 2.75) is 46.6 Å². The van der Waals surface area contributed by atoms with Gasteiger partial charge in [0.25, 0.3) is 0 Å². The van der Waals surface area contributed by atoms with Gasteiger partial charge in [0.2, 0.25) is 0 Å². The Hall–Kier alpha value is -1.81. The van der Waals surface area contributed by atoms with E-state index in [4.69, 9.17) is 4.42 Å². The maximum absolute atomic E-state index is 12.0. The molecular weight excluding hydrogens is 278 g/mol. The Balaban J connectivity index is 2.24. The molecule has 0 saturated carbocycles. The Morgan fingerprint density at radius 2 is 1.91 bits per heavy atom. The molecule has 4 nitrogen and oxygen atoms in total. The lowest BCUT2D eigenvalue weighted by atomic mass is 9.98. The summed E-state index contributed by atoms with van der Waals surface area (Å²) in [6, 6.07) is 1.90. The van der Waals surface area contributed by atoms with Crippen molar-refractivity contribution in [1.29, 1.82) is 0 Å². The molecular formula is C18H23NO3. The van der Waals surface area contributed by atoms with Crippen LogP contribution in [0.15, 0.2) is 15.3 Å². The van der Waals surface area contributed by atoms with E-state index in [0.29, 0.717) is 17.9 Å². The Kier molecular flexibility index (Phi) is 3.96. The van der Waals surface area contributed by atoms with Crippen molar-refractivity contribution in [2.24, 2.45) is 0 Å². The molecule has 0 bridgehead atoms. The fraction of sp³-hybridized carbons (Fsp3) is 0.500. The molecule has 118 valence electrons. The van der Waals surface area contributed by atoms with Crippen LogP contribution in [-0.4, -0.2) is 23.1 Å². The number of phenolic OH excluding ortho intramolecular Hbond substituents is 1. The van der Waals surface area contributed by atoms with E-state index in [1.165, 1.54) is 0 Å². The zero-order valence-electron chi connectivity index (χ0n) is 13.5. The number of nitrogens with zero attached hydrogens (tertiary/aromatic N) is 1. The highest BCUT2D eigenvalue weighted by Crippen LogP contribution is 2.37. The summed E-state index contributed by atoms with van der Waals surface area (Å²) >= 11 is 0. The SMILES string of the molecule is CCN(CC)Cc1c(C)cc2oc(=O)c3c(c2c1O)CCC3. The summed E-state index contributed by atoms with van der Waals surface area (Å²) in [5, 5.41) is 11.6. The summed E-state index contributed by atoms with van der Waals surface area (Å²) < 4.78 is 5.45. The maximum Gasteiger partial charge on any atom is 0.339 e.